The maximum atomic E-state index is 4.49. The van der Waals surface area contributed by atoms with E-state index in [0.29, 0.717) is 0 Å². The molecule has 1 heterocycles. The maximum absolute atomic E-state index is 4.49. The molecule has 1 N–H and O–H groups in total. The standard InChI is InChI=1S/C17H15N3/c1-13-7-9-16(10-8-13)18-11-15-12-19-20-17(15)14-5-3-2-4-6-14/h2-12H,1H3,(H,19,20). The van der Waals surface area contributed by atoms with Crippen molar-refractivity contribution < 1.29 is 0 Å². The highest BCUT2D eigenvalue weighted by atomic mass is 15.1. The number of benzene rings is 2. The van der Waals surface area contributed by atoms with Crippen LogP contribution in [0.5, 0.6) is 0 Å². The molecule has 3 rings (SSSR count). The molecule has 1 aromatic heterocycles. The lowest BCUT2D eigenvalue weighted by atomic mass is 10.1. The molecular formula is C17H15N3. The largest absolute Gasteiger partial charge is 0.277 e. The van der Waals surface area contributed by atoms with Gasteiger partial charge in [0.2, 0.25) is 0 Å². The van der Waals surface area contributed by atoms with Gasteiger partial charge in [0.25, 0.3) is 0 Å². The van der Waals surface area contributed by atoms with Crippen molar-refractivity contribution in [2.75, 3.05) is 0 Å². The predicted molar refractivity (Wildman–Crippen MR) is 82.5 cm³/mol. The Balaban J connectivity index is 1.89. The molecule has 0 saturated heterocycles. The number of nitrogens with one attached hydrogen (secondary N) is 1. The molecule has 3 heteroatoms. The third-order valence-corrected chi connectivity index (χ3v) is 3.12. The van der Waals surface area contributed by atoms with Crippen molar-refractivity contribution in [3.05, 3.63) is 71.9 Å². The topological polar surface area (TPSA) is 41.0 Å². The van der Waals surface area contributed by atoms with E-state index in [0.717, 1.165) is 22.5 Å². The van der Waals surface area contributed by atoms with Gasteiger partial charge in [-0.25, -0.2) is 0 Å². The molecule has 0 fully saturated rings. The van der Waals surface area contributed by atoms with Crippen molar-refractivity contribution in [1.29, 1.82) is 0 Å². The maximum Gasteiger partial charge on any atom is 0.0738 e. The fourth-order valence-electron chi connectivity index (χ4n) is 2.00. The van der Waals surface area contributed by atoms with E-state index in [1.54, 1.807) is 6.20 Å². The van der Waals surface area contributed by atoms with Crippen LogP contribution >= 0.6 is 0 Å². The minimum Gasteiger partial charge on any atom is -0.277 e. The molecule has 2 aromatic carbocycles. The molecular weight excluding hydrogens is 246 g/mol. The zero-order chi connectivity index (χ0) is 13.8. The summed E-state index contributed by atoms with van der Waals surface area (Å²) in [5, 5.41) is 7.13. The molecule has 0 radical (unpaired) electrons. The van der Waals surface area contributed by atoms with Gasteiger partial charge in [-0.05, 0) is 19.1 Å². The first-order valence-electron chi connectivity index (χ1n) is 6.52. The van der Waals surface area contributed by atoms with Crippen LogP contribution < -0.4 is 0 Å². The molecule has 0 unspecified atom stereocenters. The van der Waals surface area contributed by atoms with E-state index in [2.05, 4.69) is 46.4 Å². The molecule has 3 aromatic rings. The smallest absolute Gasteiger partial charge is 0.0738 e. The minimum absolute atomic E-state index is 0.941. The van der Waals surface area contributed by atoms with Crippen molar-refractivity contribution in [2.45, 2.75) is 6.92 Å². The summed E-state index contributed by atoms with van der Waals surface area (Å²) in [6.07, 6.45) is 3.64. The summed E-state index contributed by atoms with van der Waals surface area (Å²) >= 11 is 0. The monoisotopic (exact) mass is 261 g/mol. The second kappa shape index (κ2) is 5.53. The van der Waals surface area contributed by atoms with Gasteiger partial charge in [-0.2, -0.15) is 5.10 Å². The molecule has 0 aliphatic heterocycles. The molecule has 98 valence electrons. The molecule has 0 bridgehead atoms. The Kier molecular flexibility index (Phi) is 3.42. The first-order valence-corrected chi connectivity index (χ1v) is 6.52. The van der Waals surface area contributed by atoms with Crippen molar-refractivity contribution in [2.24, 2.45) is 4.99 Å². The fourth-order valence-corrected chi connectivity index (χ4v) is 2.00. The molecule has 0 aliphatic rings. The summed E-state index contributed by atoms with van der Waals surface area (Å²) in [5.41, 5.74) is 5.25. The number of aromatic nitrogens is 2. The molecule has 0 saturated carbocycles. The molecule has 0 atom stereocenters. The summed E-state index contributed by atoms with van der Waals surface area (Å²) in [6, 6.07) is 18.3. The number of aromatic amines is 1. The third kappa shape index (κ3) is 2.67. The molecule has 3 nitrogen and oxygen atoms in total. The van der Waals surface area contributed by atoms with Crippen LogP contribution in [0.25, 0.3) is 11.3 Å². The quantitative estimate of drug-likeness (QED) is 0.707. The lowest BCUT2D eigenvalue weighted by molar-refractivity contribution is 1.10. The third-order valence-electron chi connectivity index (χ3n) is 3.12. The highest BCUT2D eigenvalue weighted by Gasteiger charge is 2.04. The van der Waals surface area contributed by atoms with Gasteiger partial charge in [0, 0.05) is 17.3 Å². The molecule has 20 heavy (non-hydrogen) atoms. The summed E-state index contributed by atoms with van der Waals surface area (Å²) in [5.74, 6) is 0. The Morgan fingerprint density at radius 2 is 1.75 bits per heavy atom. The predicted octanol–water partition coefficient (Wildman–Crippen LogP) is 4.14. The second-order valence-electron chi connectivity index (χ2n) is 4.66. The first-order chi connectivity index (χ1) is 9.83. The van der Waals surface area contributed by atoms with Gasteiger partial charge >= 0.3 is 0 Å². The Morgan fingerprint density at radius 3 is 2.50 bits per heavy atom. The lowest BCUT2D eigenvalue weighted by Crippen LogP contribution is -1.84. The summed E-state index contributed by atoms with van der Waals surface area (Å²) in [6.45, 7) is 2.07. The van der Waals surface area contributed by atoms with Crippen molar-refractivity contribution in [3.63, 3.8) is 0 Å². The number of nitrogens with zero attached hydrogens (tertiary/aromatic N) is 2. The summed E-state index contributed by atoms with van der Waals surface area (Å²) in [4.78, 5) is 4.49. The lowest BCUT2D eigenvalue weighted by Gasteiger charge is -1.99. The molecule has 0 spiro atoms. The van der Waals surface area contributed by atoms with Crippen molar-refractivity contribution in [1.82, 2.24) is 10.2 Å². The first kappa shape index (κ1) is 12.4. The second-order valence-corrected chi connectivity index (χ2v) is 4.66. The van der Waals surface area contributed by atoms with Gasteiger partial charge in [0.15, 0.2) is 0 Å². The molecule has 0 aliphatic carbocycles. The highest BCUT2D eigenvalue weighted by molar-refractivity contribution is 5.89. The van der Waals surface area contributed by atoms with E-state index in [4.69, 9.17) is 0 Å². The summed E-state index contributed by atoms with van der Waals surface area (Å²) in [7, 11) is 0. The van der Waals surface area contributed by atoms with Crippen LogP contribution in [-0.4, -0.2) is 16.4 Å². The van der Waals surface area contributed by atoms with E-state index in [1.165, 1.54) is 5.56 Å². The van der Waals surface area contributed by atoms with Crippen LogP contribution in [0.1, 0.15) is 11.1 Å². The van der Waals surface area contributed by atoms with E-state index in [-0.39, 0.29) is 0 Å². The summed E-state index contributed by atoms with van der Waals surface area (Å²) < 4.78 is 0. The van der Waals surface area contributed by atoms with Crippen LogP contribution in [0.2, 0.25) is 0 Å². The Hall–Kier alpha value is -2.68. The zero-order valence-electron chi connectivity index (χ0n) is 11.2. The van der Waals surface area contributed by atoms with Crippen LogP contribution in [0, 0.1) is 6.92 Å². The van der Waals surface area contributed by atoms with Crippen molar-refractivity contribution in [3.8, 4) is 11.3 Å². The van der Waals surface area contributed by atoms with Crippen LogP contribution in [0.15, 0.2) is 65.8 Å². The van der Waals surface area contributed by atoms with Gasteiger partial charge in [0.1, 0.15) is 0 Å². The average Bonchev–Trinajstić information content (AvgIpc) is 2.96. The Bertz CT molecular complexity index is 710. The van der Waals surface area contributed by atoms with Crippen molar-refractivity contribution >= 4 is 11.9 Å². The van der Waals surface area contributed by atoms with E-state index >= 15 is 0 Å². The normalized spacial score (nSPS) is 11.1. The highest BCUT2D eigenvalue weighted by Crippen LogP contribution is 2.20. The van der Waals surface area contributed by atoms with E-state index in [9.17, 15) is 0 Å². The number of rotatable bonds is 3. The van der Waals surface area contributed by atoms with Crippen LogP contribution in [0.3, 0.4) is 0 Å². The SMILES string of the molecule is Cc1ccc(N=Cc2cn[nH]c2-c2ccccc2)cc1. The van der Waals surface area contributed by atoms with Gasteiger partial charge in [-0.1, -0.05) is 48.0 Å². The average molecular weight is 261 g/mol. The van der Waals surface area contributed by atoms with Gasteiger partial charge in [-0.3, -0.25) is 10.1 Å². The Labute approximate surface area is 118 Å². The van der Waals surface area contributed by atoms with Gasteiger partial charge < -0.3 is 0 Å². The van der Waals surface area contributed by atoms with Gasteiger partial charge in [0.05, 0.1) is 17.6 Å². The van der Waals surface area contributed by atoms with Gasteiger partial charge in [-0.15, -0.1) is 0 Å². The number of hydrogen-bond acceptors (Lipinski definition) is 2. The van der Waals surface area contributed by atoms with E-state index < -0.39 is 0 Å². The van der Waals surface area contributed by atoms with Crippen LogP contribution in [-0.2, 0) is 0 Å². The molecule has 0 amide bonds. The number of H-pyrrole nitrogens is 1. The number of aryl methyl sites for hydroxylation is 1. The number of aliphatic imine (C=N–C) groups is 1. The van der Waals surface area contributed by atoms with E-state index in [1.807, 2.05) is 36.5 Å². The zero-order valence-corrected chi connectivity index (χ0v) is 11.2. The Morgan fingerprint density at radius 1 is 1.00 bits per heavy atom. The van der Waals surface area contributed by atoms with Crippen LogP contribution in [0.4, 0.5) is 5.69 Å². The minimum atomic E-state index is 0.941. The number of hydrogen-bond donors (Lipinski definition) is 1. The fraction of sp³-hybridized carbons (Fsp3) is 0.0588.